The van der Waals surface area contributed by atoms with E-state index in [2.05, 4.69) is 25.8 Å². The van der Waals surface area contributed by atoms with Gasteiger partial charge < -0.3 is 0 Å². The van der Waals surface area contributed by atoms with Crippen LogP contribution in [-0.2, 0) is 0 Å². The third-order valence-electron chi connectivity index (χ3n) is 2.98. The molecule has 1 heterocycles. The summed E-state index contributed by atoms with van der Waals surface area (Å²) in [6, 6.07) is 14.6. The maximum Gasteiger partial charge on any atom is 0.265 e. The van der Waals surface area contributed by atoms with E-state index in [0.29, 0.717) is 16.0 Å². The lowest BCUT2D eigenvalue weighted by Crippen LogP contribution is -1.99. The van der Waals surface area contributed by atoms with E-state index in [-0.39, 0.29) is 0 Å². The first-order chi connectivity index (χ1) is 11.7. The van der Waals surface area contributed by atoms with E-state index in [1.165, 1.54) is 11.0 Å². The van der Waals surface area contributed by atoms with E-state index in [1.54, 1.807) is 36.7 Å². The van der Waals surface area contributed by atoms with Gasteiger partial charge in [0.2, 0.25) is 0 Å². The molecule has 0 fully saturated rings. The molecule has 120 valence electrons. The van der Waals surface area contributed by atoms with Gasteiger partial charge in [0.1, 0.15) is 6.33 Å². The summed E-state index contributed by atoms with van der Waals surface area (Å²) in [6.07, 6.45) is 4.80. The molecular formula is C16H12Cl2N6. The second kappa shape index (κ2) is 7.72. The van der Waals surface area contributed by atoms with Crippen molar-refractivity contribution in [1.29, 1.82) is 0 Å². The number of halogens is 2. The lowest BCUT2D eigenvalue weighted by molar-refractivity contribution is 0.879. The van der Waals surface area contributed by atoms with Crippen LogP contribution in [0.25, 0.3) is 0 Å². The molecule has 3 aromatic rings. The van der Waals surface area contributed by atoms with Crippen molar-refractivity contribution in [3.05, 3.63) is 76.0 Å². The number of nitrogens with zero attached hydrogens (tertiary/aromatic N) is 5. The van der Waals surface area contributed by atoms with Crippen LogP contribution in [0.15, 0.2) is 65.1 Å². The molecule has 0 atom stereocenters. The monoisotopic (exact) mass is 358 g/mol. The molecule has 0 bridgehead atoms. The Morgan fingerprint density at radius 3 is 2.08 bits per heavy atom. The lowest BCUT2D eigenvalue weighted by atomic mass is 10.2. The molecule has 0 aliphatic heterocycles. The second-order valence-corrected chi connectivity index (χ2v) is 5.59. The molecule has 6 nitrogen and oxygen atoms in total. The highest BCUT2D eigenvalue weighted by Crippen LogP contribution is 2.09. The van der Waals surface area contributed by atoms with Crippen molar-refractivity contribution in [2.75, 3.05) is 5.43 Å². The largest absolute Gasteiger partial charge is 0.265 e. The number of nitrogens with one attached hydrogen (secondary N) is 1. The van der Waals surface area contributed by atoms with Gasteiger partial charge >= 0.3 is 0 Å². The van der Waals surface area contributed by atoms with Crippen LogP contribution in [0.3, 0.4) is 0 Å². The summed E-state index contributed by atoms with van der Waals surface area (Å²) < 4.78 is 1.48. The van der Waals surface area contributed by atoms with E-state index in [4.69, 9.17) is 23.2 Å². The molecule has 0 unspecified atom stereocenters. The standard InChI is InChI=1S/C16H12Cl2N6/c17-14-5-1-12(2-6-14)9-19-22-16-23-20-11-24(16)21-10-13-3-7-15(18)8-4-13/h1-11H,(H,22,23)/b19-9?,21-10+. The molecule has 0 spiro atoms. The minimum atomic E-state index is 0.394. The van der Waals surface area contributed by atoms with Crippen molar-refractivity contribution in [1.82, 2.24) is 14.9 Å². The van der Waals surface area contributed by atoms with E-state index in [9.17, 15) is 0 Å². The Hall–Kier alpha value is -2.70. The van der Waals surface area contributed by atoms with Gasteiger partial charge in [-0.1, -0.05) is 47.5 Å². The van der Waals surface area contributed by atoms with Gasteiger partial charge in [-0.2, -0.15) is 14.9 Å². The third-order valence-corrected chi connectivity index (χ3v) is 3.48. The number of hydrogen-bond donors (Lipinski definition) is 1. The quantitative estimate of drug-likeness (QED) is 0.555. The van der Waals surface area contributed by atoms with Gasteiger partial charge in [0.25, 0.3) is 5.95 Å². The highest BCUT2D eigenvalue weighted by molar-refractivity contribution is 6.30. The van der Waals surface area contributed by atoms with Gasteiger partial charge in [-0.3, -0.25) is 0 Å². The van der Waals surface area contributed by atoms with E-state index < -0.39 is 0 Å². The Bertz CT molecular complexity index is 853. The van der Waals surface area contributed by atoms with Crippen molar-refractivity contribution < 1.29 is 0 Å². The summed E-state index contributed by atoms with van der Waals surface area (Å²) in [4.78, 5) is 0. The average molecular weight is 359 g/mol. The first-order valence-corrected chi connectivity index (χ1v) is 7.71. The van der Waals surface area contributed by atoms with Crippen molar-refractivity contribution in [3.63, 3.8) is 0 Å². The second-order valence-electron chi connectivity index (χ2n) is 4.72. The lowest BCUT2D eigenvalue weighted by Gasteiger charge is -1.99. The topological polar surface area (TPSA) is 67.5 Å². The smallest absolute Gasteiger partial charge is 0.244 e. The third kappa shape index (κ3) is 4.41. The molecule has 2 aromatic carbocycles. The fraction of sp³-hybridized carbons (Fsp3) is 0. The Morgan fingerprint density at radius 2 is 1.46 bits per heavy atom. The van der Waals surface area contributed by atoms with Gasteiger partial charge in [-0.15, -0.1) is 10.2 Å². The van der Waals surface area contributed by atoms with Gasteiger partial charge in [-0.25, -0.2) is 5.43 Å². The molecular weight excluding hydrogens is 347 g/mol. The molecule has 0 saturated carbocycles. The number of benzene rings is 2. The zero-order chi connectivity index (χ0) is 16.8. The number of hydrogen-bond acceptors (Lipinski definition) is 5. The number of hydrazone groups is 1. The van der Waals surface area contributed by atoms with Gasteiger partial charge in [-0.05, 0) is 35.4 Å². The molecule has 1 N–H and O–H groups in total. The fourth-order valence-electron chi connectivity index (χ4n) is 1.78. The molecule has 1 aromatic heterocycles. The van der Waals surface area contributed by atoms with Crippen molar-refractivity contribution in [3.8, 4) is 0 Å². The highest BCUT2D eigenvalue weighted by Gasteiger charge is 2.00. The molecule has 0 amide bonds. The zero-order valence-corrected chi connectivity index (χ0v) is 13.9. The summed E-state index contributed by atoms with van der Waals surface area (Å²) in [5.41, 5.74) is 4.60. The number of anilines is 1. The highest BCUT2D eigenvalue weighted by atomic mass is 35.5. The van der Waals surface area contributed by atoms with Crippen LogP contribution < -0.4 is 5.43 Å². The maximum atomic E-state index is 5.85. The van der Waals surface area contributed by atoms with Crippen LogP contribution >= 0.6 is 23.2 Å². The van der Waals surface area contributed by atoms with Crippen LogP contribution in [0.2, 0.25) is 10.0 Å². The van der Waals surface area contributed by atoms with Crippen LogP contribution in [0.1, 0.15) is 11.1 Å². The molecule has 24 heavy (non-hydrogen) atoms. The van der Waals surface area contributed by atoms with Crippen molar-refractivity contribution in [2.45, 2.75) is 0 Å². The Labute approximate surface area is 148 Å². The minimum absolute atomic E-state index is 0.394. The Morgan fingerprint density at radius 1 is 0.875 bits per heavy atom. The van der Waals surface area contributed by atoms with E-state index in [0.717, 1.165) is 11.1 Å². The molecule has 3 rings (SSSR count). The zero-order valence-electron chi connectivity index (χ0n) is 12.3. The molecule has 8 heteroatoms. The molecule has 0 radical (unpaired) electrons. The maximum absolute atomic E-state index is 5.85. The van der Waals surface area contributed by atoms with Gasteiger partial charge in [0.15, 0.2) is 0 Å². The normalized spacial score (nSPS) is 11.4. The predicted molar refractivity (Wildman–Crippen MR) is 97.1 cm³/mol. The fourth-order valence-corrected chi connectivity index (χ4v) is 2.03. The van der Waals surface area contributed by atoms with Crippen LogP contribution in [0.5, 0.6) is 0 Å². The summed E-state index contributed by atoms with van der Waals surface area (Å²) in [5, 5.41) is 17.5. The van der Waals surface area contributed by atoms with Crippen molar-refractivity contribution in [2.24, 2.45) is 10.2 Å². The Kier molecular flexibility index (Phi) is 5.20. The minimum Gasteiger partial charge on any atom is -0.244 e. The van der Waals surface area contributed by atoms with Crippen LogP contribution in [0.4, 0.5) is 5.95 Å². The van der Waals surface area contributed by atoms with Crippen molar-refractivity contribution >= 4 is 41.6 Å². The summed E-state index contributed by atoms with van der Waals surface area (Å²) >= 11 is 11.7. The van der Waals surface area contributed by atoms with E-state index >= 15 is 0 Å². The van der Waals surface area contributed by atoms with Crippen LogP contribution in [0, 0.1) is 0 Å². The number of rotatable bonds is 5. The molecule has 0 aliphatic carbocycles. The summed E-state index contributed by atoms with van der Waals surface area (Å²) in [6.45, 7) is 0. The predicted octanol–water partition coefficient (Wildman–Crippen LogP) is 3.91. The van der Waals surface area contributed by atoms with Crippen LogP contribution in [-0.4, -0.2) is 27.3 Å². The first kappa shape index (κ1) is 16.2. The Balaban J connectivity index is 1.66. The number of aromatic nitrogens is 3. The SMILES string of the molecule is Clc1ccc(C=NNc2nncn2/N=C/c2ccc(Cl)cc2)cc1. The summed E-state index contributed by atoms with van der Waals surface area (Å²) in [7, 11) is 0. The van der Waals surface area contributed by atoms with E-state index in [1.807, 2.05) is 24.3 Å². The average Bonchev–Trinajstić information content (AvgIpc) is 3.04. The first-order valence-electron chi connectivity index (χ1n) is 6.95. The van der Waals surface area contributed by atoms with Gasteiger partial charge in [0, 0.05) is 10.0 Å². The van der Waals surface area contributed by atoms with Gasteiger partial charge in [0.05, 0.1) is 12.4 Å². The molecule has 0 saturated heterocycles. The molecule has 0 aliphatic rings. The summed E-state index contributed by atoms with van der Waals surface area (Å²) in [5.74, 6) is 0.394.